The fourth-order valence-electron chi connectivity index (χ4n) is 0.857. The first-order chi connectivity index (χ1) is 9.31. The molecule has 2 atom stereocenters. The molecule has 0 bridgehead atoms. The lowest BCUT2D eigenvalue weighted by atomic mass is 10.2. The number of rotatable bonds is 4. The van der Waals surface area contributed by atoms with Gasteiger partial charge in [0.15, 0.2) is 12.2 Å². The molecule has 0 aromatic carbocycles. The minimum absolute atomic E-state index is 0.303. The SMILES string of the molecule is NNC(=O)c1ccncc1.O=C(O)C(O)C(O)C(=O)O. The van der Waals surface area contributed by atoms with Crippen LogP contribution < -0.4 is 11.3 Å². The number of nitrogens with two attached hydrogens (primary N) is 1. The molecule has 0 aliphatic rings. The average Bonchev–Trinajstić information content (AvgIpc) is 2.46. The molecule has 1 rings (SSSR count). The maximum atomic E-state index is 10.7. The Hall–Kier alpha value is -2.56. The van der Waals surface area contributed by atoms with E-state index in [1.54, 1.807) is 12.1 Å². The number of hydrogen-bond acceptors (Lipinski definition) is 7. The third kappa shape index (κ3) is 5.86. The first-order valence-electron chi connectivity index (χ1n) is 5.04. The Labute approximate surface area is 112 Å². The van der Waals surface area contributed by atoms with Gasteiger partial charge in [-0.05, 0) is 12.1 Å². The van der Waals surface area contributed by atoms with E-state index >= 15 is 0 Å². The van der Waals surface area contributed by atoms with Crippen LogP contribution in [0, 0.1) is 0 Å². The van der Waals surface area contributed by atoms with Crippen molar-refractivity contribution in [1.82, 2.24) is 10.4 Å². The summed E-state index contributed by atoms with van der Waals surface area (Å²) in [5.41, 5.74) is 2.53. The monoisotopic (exact) mass is 287 g/mol. The fraction of sp³-hybridized carbons (Fsp3) is 0.200. The summed E-state index contributed by atoms with van der Waals surface area (Å²) in [6.45, 7) is 0. The second-order valence-corrected chi connectivity index (χ2v) is 3.28. The van der Waals surface area contributed by atoms with Crippen molar-refractivity contribution in [3.05, 3.63) is 30.1 Å². The Bertz CT molecular complexity index is 447. The molecule has 0 aliphatic carbocycles. The molecule has 1 aromatic heterocycles. The van der Waals surface area contributed by atoms with Crippen LogP contribution in [0.4, 0.5) is 0 Å². The van der Waals surface area contributed by atoms with Crippen LogP contribution in [0.2, 0.25) is 0 Å². The molecular weight excluding hydrogens is 274 g/mol. The molecule has 20 heavy (non-hydrogen) atoms. The van der Waals surface area contributed by atoms with Crippen LogP contribution >= 0.6 is 0 Å². The highest BCUT2D eigenvalue weighted by Gasteiger charge is 2.29. The number of nitrogens with zero attached hydrogens (tertiary/aromatic N) is 1. The van der Waals surface area contributed by atoms with Gasteiger partial charge in [-0.1, -0.05) is 0 Å². The van der Waals surface area contributed by atoms with Crippen molar-refractivity contribution in [3.8, 4) is 0 Å². The van der Waals surface area contributed by atoms with Crippen LogP contribution in [0.3, 0.4) is 0 Å². The van der Waals surface area contributed by atoms with Crippen LogP contribution in [-0.4, -0.2) is 55.5 Å². The zero-order valence-electron chi connectivity index (χ0n) is 10.0. The number of carboxylic acid groups (broad SMARTS) is 2. The van der Waals surface area contributed by atoms with Gasteiger partial charge in [0.25, 0.3) is 5.91 Å². The molecule has 7 N–H and O–H groups in total. The zero-order valence-corrected chi connectivity index (χ0v) is 10.0. The summed E-state index contributed by atoms with van der Waals surface area (Å²) < 4.78 is 0. The molecule has 0 radical (unpaired) electrons. The van der Waals surface area contributed by atoms with Crippen LogP contribution in [0.1, 0.15) is 10.4 Å². The first-order valence-corrected chi connectivity index (χ1v) is 5.04. The van der Waals surface area contributed by atoms with E-state index in [0.29, 0.717) is 5.56 Å². The van der Waals surface area contributed by atoms with Crippen molar-refractivity contribution in [2.24, 2.45) is 5.84 Å². The van der Waals surface area contributed by atoms with E-state index in [4.69, 9.17) is 26.3 Å². The highest BCUT2D eigenvalue weighted by atomic mass is 16.4. The number of hydrazine groups is 1. The van der Waals surface area contributed by atoms with Crippen LogP contribution in [0.5, 0.6) is 0 Å². The molecule has 1 aromatic rings. The summed E-state index contributed by atoms with van der Waals surface area (Å²) in [6.07, 6.45) is -1.47. The second-order valence-electron chi connectivity index (χ2n) is 3.28. The fourth-order valence-corrected chi connectivity index (χ4v) is 0.857. The summed E-state index contributed by atoms with van der Waals surface area (Å²) in [5, 5.41) is 32.5. The predicted molar refractivity (Wildman–Crippen MR) is 63.2 cm³/mol. The molecule has 1 amide bonds. The molecule has 1 heterocycles. The van der Waals surface area contributed by atoms with Crippen molar-refractivity contribution in [1.29, 1.82) is 0 Å². The maximum absolute atomic E-state index is 10.7. The van der Waals surface area contributed by atoms with Gasteiger partial charge >= 0.3 is 11.9 Å². The van der Waals surface area contributed by atoms with Crippen LogP contribution in [0.15, 0.2) is 24.5 Å². The van der Waals surface area contributed by atoms with Crippen molar-refractivity contribution in [3.63, 3.8) is 0 Å². The van der Waals surface area contributed by atoms with Crippen LogP contribution in [-0.2, 0) is 9.59 Å². The number of hydrogen-bond donors (Lipinski definition) is 6. The van der Waals surface area contributed by atoms with E-state index in [2.05, 4.69) is 4.98 Å². The molecular formula is C10H13N3O7. The molecule has 10 heteroatoms. The Morgan fingerprint density at radius 2 is 1.45 bits per heavy atom. The number of nitrogen functional groups attached to an aromatic ring is 1. The number of pyridine rings is 1. The molecule has 10 nitrogen and oxygen atoms in total. The Balaban J connectivity index is 0.000000361. The standard InChI is InChI=1S/C6H7N3O.C4H6O6/c7-9-6(10)5-1-3-8-4-2-5;5-1(3(7)8)2(6)4(9)10/h1-4H,7H2,(H,9,10);1-2,5-6H,(H,7,8)(H,9,10). The molecule has 110 valence electrons. The van der Waals surface area contributed by atoms with Gasteiger partial charge in [0.2, 0.25) is 0 Å². The minimum Gasteiger partial charge on any atom is -0.479 e. The third-order valence-electron chi connectivity index (χ3n) is 1.88. The van der Waals surface area contributed by atoms with Gasteiger partial charge in [-0.2, -0.15) is 0 Å². The summed E-state index contributed by atoms with van der Waals surface area (Å²) in [7, 11) is 0. The summed E-state index contributed by atoms with van der Waals surface area (Å²) in [4.78, 5) is 34.0. The Kier molecular flexibility index (Phi) is 7.43. The summed E-state index contributed by atoms with van der Waals surface area (Å²) >= 11 is 0. The molecule has 0 fully saturated rings. The van der Waals surface area contributed by atoms with E-state index in [0.717, 1.165) is 0 Å². The van der Waals surface area contributed by atoms with Gasteiger partial charge in [-0.15, -0.1) is 0 Å². The van der Waals surface area contributed by atoms with Crippen molar-refractivity contribution < 1.29 is 34.8 Å². The van der Waals surface area contributed by atoms with Crippen LogP contribution in [0.25, 0.3) is 0 Å². The molecule has 0 aliphatic heterocycles. The van der Waals surface area contributed by atoms with Gasteiger partial charge < -0.3 is 20.4 Å². The molecule has 0 saturated heterocycles. The highest BCUT2D eigenvalue weighted by Crippen LogP contribution is 1.93. The lowest BCUT2D eigenvalue weighted by Crippen LogP contribution is -2.39. The van der Waals surface area contributed by atoms with Crippen molar-refractivity contribution >= 4 is 17.8 Å². The van der Waals surface area contributed by atoms with Gasteiger partial charge in [0, 0.05) is 18.0 Å². The number of carboxylic acids is 2. The number of aromatic nitrogens is 1. The Morgan fingerprint density at radius 1 is 1.05 bits per heavy atom. The minimum atomic E-state index is -2.27. The quantitative estimate of drug-likeness (QED) is 0.199. The van der Waals surface area contributed by atoms with Gasteiger partial charge in [0.1, 0.15) is 0 Å². The van der Waals surface area contributed by atoms with E-state index in [-0.39, 0.29) is 5.91 Å². The first kappa shape index (κ1) is 17.4. The summed E-state index contributed by atoms with van der Waals surface area (Å²) in [5.74, 6) is 1.04. The smallest absolute Gasteiger partial charge is 0.335 e. The lowest BCUT2D eigenvalue weighted by Gasteiger charge is -2.07. The average molecular weight is 287 g/mol. The molecule has 0 saturated carbocycles. The Morgan fingerprint density at radius 3 is 1.75 bits per heavy atom. The predicted octanol–water partition coefficient (Wildman–Crippen LogP) is -2.44. The highest BCUT2D eigenvalue weighted by molar-refractivity contribution is 5.93. The zero-order chi connectivity index (χ0) is 15.7. The van der Waals surface area contributed by atoms with E-state index in [1.165, 1.54) is 12.4 Å². The molecule has 2 unspecified atom stereocenters. The van der Waals surface area contributed by atoms with Gasteiger partial charge in [-0.3, -0.25) is 15.2 Å². The van der Waals surface area contributed by atoms with E-state index in [9.17, 15) is 14.4 Å². The van der Waals surface area contributed by atoms with Crippen molar-refractivity contribution in [2.45, 2.75) is 12.2 Å². The third-order valence-corrected chi connectivity index (χ3v) is 1.88. The van der Waals surface area contributed by atoms with E-state index in [1.807, 2.05) is 5.43 Å². The van der Waals surface area contributed by atoms with Gasteiger partial charge in [0.05, 0.1) is 0 Å². The van der Waals surface area contributed by atoms with E-state index < -0.39 is 24.1 Å². The number of carbonyl (C=O) groups excluding carboxylic acids is 1. The lowest BCUT2D eigenvalue weighted by molar-refractivity contribution is -0.165. The van der Waals surface area contributed by atoms with Gasteiger partial charge in [-0.25, -0.2) is 15.4 Å². The summed E-state index contributed by atoms with van der Waals surface area (Å²) in [6, 6.07) is 3.17. The molecule has 0 spiro atoms. The second kappa shape index (κ2) is 8.53. The number of aliphatic carboxylic acids is 2. The van der Waals surface area contributed by atoms with Crippen molar-refractivity contribution in [2.75, 3.05) is 0 Å². The number of aliphatic hydroxyl groups is 2. The normalized spacial score (nSPS) is 12.3. The topological polar surface area (TPSA) is 183 Å². The number of aliphatic hydroxyl groups excluding tert-OH is 2. The number of carbonyl (C=O) groups is 3. The maximum Gasteiger partial charge on any atom is 0.335 e. The largest absolute Gasteiger partial charge is 0.479 e. The number of nitrogens with one attached hydrogen (secondary N) is 1. The number of amides is 1.